The Labute approximate surface area is 116 Å². The first-order valence-electron chi connectivity index (χ1n) is 7.19. The van der Waals surface area contributed by atoms with Gasteiger partial charge in [-0.3, -0.25) is 4.90 Å². The summed E-state index contributed by atoms with van der Waals surface area (Å²) in [5.41, 5.74) is 1.57. The van der Waals surface area contributed by atoms with Crippen molar-refractivity contribution in [2.45, 2.75) is 45.3 Å². The maximum atomic E-state index is 5.31. The van der Waals surface area contributed by atoms with Crippen LogP contribution in [-0.2, 0) is 6.54 Å². The van der Waals surface area contributed by atoms with Crippen LogP contribution in [0.25, 0.3) is 0 Å². The van der Waals surface area contributed by atoms with Crippen molar-refractivity contribution in [3.8, 4) is 5.75 Å². The van der Waals surface area contributed by atoms with E-state index in [2.05, 4.69) is 49.2 Å². The van der Waals surface area contributed by atoms with E-state index in [0.717, 1.165) is 31.8 Å². The Kier molecular flexibility index (Phi) is 4.48. The normalized spacial score (nSPS) is 28.3. The Bertz CT molecular complexity index is 421. The van der Waals surface area contributed by atoms with Crippen LogP contribution in [0.15, 0.2) is 24.3 Å². The largest absolute Gasteiger partial charge is 0.497 e. The number of rotatable bonds is 4. The molecule has 1 aromatic carbocycles. The molecule has 2 rings (SSSR count). The van der Waals surface area contributed by atoms with E-state index in [0.29, 0.717) is 6.04 Å². The van der Waals surface area contributed by atoms with Crippen LogP contribution in [0.5, 0.6) is 5.75 Å². The van der Waals surface area contributed by atoms with Gasteiger partial charge in [0.05, 0.1) is 7.11 Å². The molecule has 1 heterocycles. The summed E-state index contributed by atoms with van der Waals surface area (Å²) in [4.78, 5) is 2.60. The third-order valence-electron chi connectivity index (χ3n) is 4.36. The van der Waals surface area contributed by atoms with E-state index < -0.39 is 0 Å². The number of piperazine rings is 1. The average Bonchev–Trinajstić information content (AvgIpc) is 2.43. The molecule has 0 aliphatic carbocycles. The summed E-state index contributed by atoms with van der Waals surface area (Å²) in [5, 5.41) is 3.60. The van der Waals surface area contributed by atoms with E-state index in [1.165, 1.54) is 5.56 Å². The number of ether oxygens (including phenoxy) is 1. The molecule has 1 aromatic rings. The molecule has 19 heavy (non-hydrogen) atoms. The van der Waals surface area contributed by atoms with Gasteiger partial charge in [-0.1, -0.05) is 19.1 Å². The molecule has 1 saturated heterocycles. The zero-order valence-electron chi connectivity index (χ0n) is 12.6. The molecule has 0 radical (unpaired) electrons. The van der Waals surface area contributed by atoms with Gasteiger partial charge in [-0.25, -0.2) is 0 Å². The lowest BCUT2D eigenvalue weighted by atomic mass is 9.91. The van der Waals surface area contributed by atoms with E-state index in [9.17, 15) is 0 Å². The number of hydrogen-bond donors (Lipinski definition) is 1. The molecule has 0 amide bonds. The molecule has 0 aromatic heterocycles. The van der Waals surface area contributed by atoms with Crippen molar-refractivity contribution in [2.24, 2.45) is 0 Å². The maximum absolute atomic E-state index is 5.31. The zero-order chi connectivity index (χ0) is 13.9. The summed E-state index contributed by atoms with van der Waals surface area (Å²) in [5.74, 6) is 0.943. The summed E-state index contributed by atoms with van der Waals surface area (Å²) >= 11 is 0. The third-order valence-corrected chi connectivity index (χ3v) is 4.36. The lowest BCUT2D eigenvalue weighted by Crippen LogP contribution is -2.61. The predicted molar refractivity (Wildman–Crippen MR) is 79.6 cm³/mol. The molecule has 0 bridgehead atoms. The van der Waals surface area contributed by atoms with Gasteiger partial charge in [0.1, 0.15) is 5.75 Å². The molecular weight excluding hydrogens is 236 g/mol. The minimum atomic E-state index is 0.246. The van der Waals surface area contributed by atoms with Gasteiger partial charge in [0.15, 0.2) is 0 Å². The molecule has 1 aliphatic rings. The number of methoxy groups -OCH3 is 1. The molecule has 0 spiro atoms. The van der Waals surface area contributed by atoms with Crippen molar-refractivity contribution >= 4 is 0 Å². The van der Waals surface area contributed by atoms with E-state index >= 15 is 0 Å². The van der Waals surface area contributed by atoms with Crippen LogP contribution in [0.1, 0.15) is 32.8 Å². The topological polar surface area (TPSA) is 24.5 Å². The second kappa shape index (κ2) is 5.93. The highest BCUT2D eigenvalue weighted by molar-refractivity contribution is 5.28. The van der Waals surface area contributed by atoms with E-state index in [1.807, 2.05) is 6.07 Å². The van der Waals surface area contributed by atoms with Crippen molar-refractivity contribution < 1.29 is 4.74 Å². The predicted octanol–water partition coefficient (Wildman–Crippen LogP) is 2.66. The summed E-state index contributed by atoms with van der Waals surface area (Å²) in [7, 11) is 1.72. The smallest absolute Gasteiger partial charge is 0.119 e. The first kappa shape index (κ1) is 14.4. The van der Waals surface area contributed by atoms with Crippen LogP contribution >= 0.6 is 0 Å². The fraction of sp³-hybridized carbons (Fsp3) is 0.625. The average molecular weight is 262 g/mol. The van der Waals surface area contributed by atoms with E-state index in [4.69, 9.17) is 4.74 Å². The fourth-order valence-electron chi connectivity index (χ4n) is 2.72. The summed E-state index contributed by atoms with van der Waals surface area (Å²) in [6.07, 6.45) is 1.16. The Morgan fingerprint density at radius 3 is 2.95 bits per heavy atom. The van der Waals surface area contributed by atoms with Crippen LogP contribution in [0.4, 0.5) is 0 Å². The van der Waals surface area contributed by atoms with Gasteiger partial charge >= 0.3 is 0 Å². The highest BCUT2D eigenvalue weighted by Crippen LogP contribution is 2.25. The fourth-order valence-corrected chi connectivity index (χ4v) is 2.72. The lowest BCUT2D eigenvalue weighted by Gasteiger charge is -2.47. The second-order valence-electron chi connectivity index (χ2n) is 5.86. The Hall–Kier alpha value is -1.06. The maximum Gasteiger partial charge on any atom is 0.119 e. The quantitative estimate of drug-likeness (QED) is 0.903. The Morgan fingerprint density at radius 2 is 2.26 bits per heavy atom. The highest BCUT2D eigenvalue weighted by Gasteiger charge is 2.34. The van der Waals surface area contributed by atoms with Crippen LogP contribution in [0, 0.1) is 0 Å². The van der Waals surface area contributed by atoms with Crippen molar-refractivity contribution in [3.63, 3.8) is 0 Å². The molecule has 2 atom stereocenters. The summed E-state index contributed by atoms with van der Waals surface area (Å²) < 4.78 is 5.31. The highest BCUT2D eigenvalue weighted by atomic mass is 16.5. The van der Waals surface area contributed by atoms with Crippen molar-refractivity contribution in [1.82, 2.24) is 10.2 Å². The van der Waals surface area contributed by atoms with Crippen LogP contribution in [0.2, 0.25) is 0 Å². The zero-order valence-corrected chi connectivity index (χ0v) is 12.6. The number of nitrogens with one attached hydrogen (secondary N) is 1. The molecule has 106 valence electrons. The van der Waals surface area contributed by atoms with Crippen LogP contribution in [0.3, 0.4) is 0 Å². The van der Waals surface area contributed by atoms with Gasteiger partial charge in [0.2, 0.25) is 0 Å². The van der Waals surface area contributed by atoms with Crippen molar-refractivity contribution in [1.29, 1.82) is 0 Å². The lowest BCUT2D eigenvalue weighted by molar-refractivity contribution is 0.0453. The van der Waals surface area contributed by atoms with Gasteiger partial charge in [0.25, 0.3) is 0 Å². The van der Waals surface area contributed by atoms with Gasteiger partial charge in [-0.2, -0.15) is 0 Å². The van der Waals surface area contributed by atoms with E-state index in [-0.39, 0.29) is 5.54 Å². The Morgan fingerprint density at radius 1 is 1.47 bits per heavy atom. The molecule has 1 aliphatic heterocycles. The van der Waals surface area contributed by atoms with Gasteiger partial charge in [-0.15, -0.1) is 0 Å². The molecular formula is C16H26N2O. The monoisotopic (exact) mass is 262 g/mol. The van der Waals surface area contributed by atoms with Gasteiger partial charge in [0, 0.05) is 31.2 Å². The van der Waals surface area contributed by atoms with Gasteiger partial charge in [-0.05, 0) is 38.0 Å². The standard InChI is InChI=1S/C16H26N2O/c1-5-16(3)12-17-13(2)10-18(16)11-14-7-6-8-15(9-14)19-4/h6-9,13,17H,5,10-12H2,1-4H3. The second-order valence-corrected chi connectivity index (χ2v) is 5.86. The third kappa shape index (κ3) is 3.28. The molecule has 1 fully saturated rings. The molecule has 3 heteroatoms. The van der Waals surface area contributed by atoms with Crippen molar-refractivity contribution in [2.75, 3.05) is 20.2 Å². The van der Waals surface area contributed by atoms with Crippen LogP contribution in [-0.4, -0.2) is 36.7 Å². The first-order chi connectivity index (χ1) is 9.07. The SMILES string of the molecule is CCC1(C)CNC(C)CN1Cc1cccc(OC)c1. The molecule has 3 nitrogen and oxygen atoms in total. The molecule has 0 saturated carbocycles. The molecule has 2 unspecified atom stereocenters. The summed E-state index contributed by atoms with van der Waals surface area (Å²) in [6.45, 7) is 10.0. The van der Waals surface area contributed by atoms with Crippen LogP contribution < -0.4 is 10.1 Å². The first-order valence-corrected chi connectivity index (χ1v) is 7.19. The van der Waals surface area contributed by atoms with E-state index in [1.54, 1.807) is 7.11 Å². The number of hydrogen-bond acceptors (Lipinski definition) is 3. The number of nitrogens with zero attached hydrogens (tertiary/aromatic N) is 1. The number of benzene rings is 1. The minimum Gasteiger partial charge on any atom is -0.497 e. The molecule has 1 N–H and O–H groups in total. The van der Waals surface area contributed by atoms with Gasteiger partial charge < -0.3 is 10.1 Å². The summed E-state index contributed by atoms with van der Waals surface area (Å²) in [6, 6.07) is 8.96. The Balaban J connectivity index is 2.14. The minimum absolute atomic E-state index is 0.246. The van der Waals surface area contributed by atoms with Crippen molar-refractivity contribution in [3.05, 3.63) is 29.8 Å².